The summed E-state index contributed by atoms with van der Waals surface area (Å²) in [6.45, 7) is 18.5. The van der Waals surface area contributed by atoms with Gasteiger partial charge >= 0.3 is 0 Å². The Kier molecular flexibility index (Phi) is 30.8. The molecule has 17 aromatic rings. The number of phenols is 5. The van der Waals surface area contributed by atoms with Gasteiger partial charge in [0.1, 0.15) is 56.3 Å². The number of nitrogens with one attached hydrogen (secondary N) is 1. The largest absolute Gasteiger partial charge is 0.505 e. The zero-order valence-electron chi connectivity index (χ0n) is 73.6. The molecule has 0 bridgehead atoms. The normalized spacial score (nSPS) is 17.1. The van der Waals surface area contributed by atoms with Crippen molar-refractivity contribution >= 4 is 65.9 Å². The molecule has 3 fully saturated rings. The number of nitrogens with zero attached hydrogens (tertiary/aromatic N) is 9. The van der Waals surface area contributed by atoms with Crippen LogP contribution in [-0.4, -0.2) is 154 Å². The van der Waals surface area contributed by atoms with E-state index in [2.05, 4.69) is 206 Å². The van der Waals surface area contributed by atoms with Crippen LogP contribution in [0.4, 0.5) is 0 Å². The monoisotopic (exact) mass is 1750 g/mol. The van der Waals surface area contributed by atoms with Crippen LogP contribution in [0, 0.1) is 6.92 Å². The highest BCUT2D eigenvalue weighted by molar-refractivity contribution is 7.10. The lowest BCUT2D eigenvalue weighted by molar-refractivity contribution is -0.0768. The Hall–Kier alpha value is -13.2. The van der Waals surface area contributed by atoms with Crippen molar-refractivity contribution in [3.63, 3.8) is 0 Å². The molecule has 0 amide bonds. The van der Waals surface area contributed by atoms with E-state index in [1.54, 1.807) is 42.3 Å². The number of rotatable bonds is 19. The Balaban J connectivity index is 0.000000124. The Morgan fingerprint density at radius 2 is 0.708 bits per heavy atom. The molecule has 9 heterocycles. The first-order valence-electron chi connectivity index (χ1n) is 44.3. The number of ether oxygens (including phenoxy) is 3. The minimum Gasteiger partial charge on any atom is -0.505 e. The molecule has 3 aliphatic rings. The van der Waals surface area contributed by atoms with Gasteiger partial charge in [0.05, 0.1) is 67.8 Å². The SMILES string of the molecule is C.CC1CN(C(c2ccccc2)c2ccc3cccnc3c2O)CC(C)O1.CN(Cc1ccccc1)C(c1ccccc1)c1ccc2cccnc2c1O.Cc1ccc(C(c2ccc3cccnc3c2O)N2CC(C)OC(C)C2)cc1.Oc1c(C(NCc2ccccc2)c2ccccc2)ccc2cccnc12.Oc1c(C(c2cccs2)N2CCOCC2)ccc2cccnc12. The first kappa shape index (κ1) is 91.6. The van der Waals surface area contributed by atoms with Gasteiger partial charge in [-0.25, -0.2) is 0 Å². The maximum absolute atomic E-state index is 11.1. The van der Waals surface area contributed by atoms with Gasteiger partial charge in [0, 0.05) is 143 Å². The molecule has 9 atom stereocenters. The molecule has 20 rings (SSSR count). The van der Waals surface area contributed by atoms with Gasteiger partial charge in [0.2, 0.25) is 0 Å². The Labute approximate surface area is 766 Å². The minimum atomic E-state index is -0.122. The molecule has 0 radical (unpaired) electrons. The third-order valence-electron chi connectivity index (χ3n) is 24.1. The molecule has 11 aromatic carbocycles. The van der Waals surface area contributed by atoms with E-state index in [1.807, 2.05) is 200 Å². The zero-order valence-corrected chi connectivity index (χ0v) is 74.4. The third kappa shape index (κ3) is 21.9. The predicted molar refractivity (Wildman–Crippen MR) is 525 cm³/mol. The van der Waals surface area contributed by atoms with Crippen molar-refractivity contribution in [1.82, 2.24) is 49.8 Å². The molecule has 0 saturated carbocycles. The van der Waals surface area contributed by atoms with Crippen molar-refractivity contribution in [2.75, 3.05) is 59.5 Å². The van der Waals surface area contributed by atoms with Gasteiger partial charge in [-0.3, -0.25) is 44.5 Å². The van der Waals surface area contributed by atoms with Crippen molar-refractivity contribution < 1.29 is 39.7 Å². The van der Waals surface area contributed by atoms with Crippen LogP contribution in [-0.2, 0) is 27.3 Å². The molecular weight excluding hydrogens is 1630 g/mol. The number of benzene rings is 11. The van der Waals surface area contributed by atoms with Crippen molar-refractivity contribution in [1.29, 1.82) is 0 Å². The van der Waals surface area contributed by atoms with E-state index in [0.717, 1.165) is 125 Å². The molecule has 0 spiro atoms. The summed E-state index contributed by atoms with van der Waals surface area (Å²) in [7, 11) is 2.09. The number of aryl methyl sites for hydroxylation is 1. The summed E-state index contributed by atoms with van der Waals surface area (Å²) >= 11 is 1.72. The molecule has 19 heteroatoms. The van der Waals surface area contributed by atoms with Crippen LogP contribution in [0.2, 0.25) is 0 Å². The molecule has 18 nitrogen and oxygen atoms in total. The van der Waals surface area contributed by atoms with Crippen LogP contribution in [0.5, 0.6) is 28.7 Å². The number of hydrogen-bond acceptors (Lipinski definition) is 19. The molecule has 662 valence electrons. The van der Waals surface area contributed by atoms with E-state index in [4.69, 9.17) is 14.2 Å². The number of thiophene rings is 1. The number of phenolic OH excluding ortho intramolecular Hbond substituents is 5. The third-order valence-corrected chi connectivity index (χ3v) is 25.0. The average Bonchev–Trinajstić information content (AvgIpc) is 1.31. The van der Waals surface area contributed by atoms with E-state index < -0.39 is 0 Å². The highest BCUT2D eigenvalue weighted by Gasteiger charge is 2.36. The Morgan fingerprint density at radius 1 is 0.362 bits per heavy atom. The summed E-state index contributed by atoms with van der Waals surface area (Å²) in [6, 6.07) is 104. The van der Waals surface area contributed by atoms with E-state index in [1.165, 1.54) is 32.7 Å². The van der Waals surface area contributed by atoms with Crippen LogP contribution in [0.1, 0.15) is 137 Å². The van der Waals surface area contributed by atoms with Crippen molar-refractivity contribution in [3.8, 4) is 28.7 Å². The predicted octanol–water partition coefficient (Wildman–Crippen LogP) is 22.6. The topological polar surface area (TPSA) is 218 Å². The van der Waals surface area contributed by atoms with Crippen LogP contribution in [0.15, 0.2) is 346 Å². The fourth-order valence-corrected chi connectivity index (χ4v) is 19.1. The number of morpholine rings is 3. The van der Waals surface area contributed by atoms with Gasteiger partial charge in [0.25, 0.3) is 0 Å². The summed E-state index contributed by atoms with van der Waals surface area (Å²) in [5.41, 5.74) is 15.9. The molecule has 0 aliphatic carbocycles. The average molecular weight is 1750 g/mol. The van der Waals surface area contributed by atoms with E-state index >= 15 is 0 Å². The molecule has 6 aromatic heterocycles. The second-order valence-corrected chi connectivity index (χ2v) is 34.4. The maximum Gasteiger partial charge on any atom is 0.146 e. The molecule has 6 N–H and O–H groups in total. The van der Waals surface area contributed by atoms with Gasteiger partial charge in [-0.05, 0) is 117 Å². The lowest BCUT2D eigenvalue weighted by atomic mass is 9.93. The summed E-state index contributed by atoms with van der Waals surface area (Å²) in [6.07, 6.45) is 9.23. The highest BCUT2D eigenvalue weighted by Crippen LogP contribution is 2.45. The number of hydrogen-bond donors (Lipinski definition) is 6. The van der Waals surface area contributed by atoms with Gasteiger partial charge < -0.3 is 45.1 Å². The quantitative estimate of drug-likeness (QED) is 0.0443. The Morgan fingerprint density at radius 3 is 1.12 bits per heavy atom. The van der Waals surface area contributed by atoms with Crippen molar-refractivity contribution in [3.05, 3.63) is 417 Å². The first-order valence-corrected chi connectivity index (χ1v) is 45.1. The molecule has 9 unspecified atom stereocenters. The summed E-state index contributed by atoms with van der Waals surface area (Å²) in [4.78, 5) is 32.6. The molecule has 3 aliphatic heterocycles. The summed E-state index contributed by atoms with van der Waals surface area (Å²) in [5.74, 6) is 1.31. The first-order chi connectivity index (χ1) is 63.1. The summed E-state index contributed by atoms with van der Waals surface area (Å²) < 4.78 is 17.4. The number of aromatic hydroxyl groups is 5. The maximum atomic E-state index is 11.1. The lowest BCUT2D eigenvalue weighted by Crippen LogP contribution is -2.47. The lowest BCUT2D eigenvalue weighted by Gasteiger charge is -2.40. The fraction of sp³-hybridized carbons (Fsp3) is 0.234. The van der Waals surface area contributed by atoms with Gasteiger partial charge in [-0.2, -0.15) is 0 Å². The van der Waals surface area contributed by atoms with Crippen LogP contribution in [0.3, 0.4) is 0 Å². The number of aromatic nitrogens is 5. The number of fused-ring (bicyclic) bond motifs is 5. The van der Waals surface area contributed by atoms with Crippen molar-refractivity contribution in [2.24, 2.45) is 0 Å². The highest BCUT2D eigenvalue weighted by atomic mass is 32.1. The fourth-order valence-electron chi connectivity index (χ4n) is 18.2. The van der Waals surface area contributed by atoms with E-state index in [-0.39, 0.29) is 90.8 Å². The van der Waals surface area contributed by atoms with E-state index in [0.29, 0.717) is 34.1 Å². The van der Waals surface area contributed by atoms with Gasteiger partial charge in [-0.1, -0.05) is 286 Å². The molecule has 3 saturated heterocycles. The van der Waals surface area contributed by atoms with Crippen LogP contribution in [0.25, 0.3) is 54.5 Å². The standard InChI is InChI=1S/C24H22N2O.C23H26N2O2.C23H20N2O.C22H24N2O2.C18H18N2O2S.CH4/c1-26(17-18-9-4-2-5-10-18)23(20-11-6-3-7-12-20)21-15-14-19-13-8-16-25-22(19)24(21)27;1-15-6-8-19(9-7-15)22(25-13-16(2)27-17(3)14-25)20-11-10-18-5-4-12-24-21(18)23(20)26;26-23-20(14-13-19-12-7-15-24-22(19)23)21(18-10-5-2-6-11-18)25-16-17-8-3-1-4-9-17;1-15-13-24(14-16(2)26-15)21(18-7-4-3-5-8-18)19-11-10-17-9-6-12-23-20(17)22(19)25;21-18-14(6-5-13-3-1-7-19-16(13)18)17(15-4-2-12-23-15)20-8-10-22-11-9-20;/h2-16,23,27H,17H2,1H3;4-12,16-17,22,26H,13-14H2,1-3H3;1-15,21,25-26H,16H2;3-12,15-16,21,25H,13-14H2,1-2H3;1-7,12,17,21H,8-11H2;1H4. The van der Waals surface area contributed by atoms with Gasteiger partial charge in [-0.15, -0.1) is 11.3 Å². The van der Waals surface area contributed by atoms with Crippen molar-refractivity contribution in [2.45, 2.75) is 110 Å². The molecular formula is C111H114N10O8S. The second kappa shape index (κ2) is 43.8. The van der Waals surface area contributed by atoms with E-state index in [9.17, 15) is 25.5 Å². The smallest absolute Gasteiger partial charge is 0.146 e. The summed E-state index contributed by atoms with van der Waals surface area (Å²) in [5, 5.41) is 65.2. The van der Waals surface area contributed by atoms with Crippen LogP contribution < -0.4 is 5.32 Å². The second-order valence-electron chi connectivity index (χ2n) is 33.4. The molecule has 130 heavy (non-hydrogen) atoms. The number of pyridine rings is 5. The minimum absolute atomic E-state index is 0. The van der Waals surface area contributed by atoms with Gasteiger partial charge in [0.15, 0.2) is 0 Å². The Bertz CT molecular complexity index is 6470. The van der Waals surface area contributed by atoms with Crippen LogP contribution >= 0.6 is 11.3 Å². The zero-order chi connectivity index (χ0) is 89.1.